The van der Waals surface area contributed by atoms with E-state index in [9.17, 15) is 35.1 Å². The third-order valence-corrected chi connectivity index (χ3v) is 13.6. The van der Waals surface area contributed by atoms with Crippen LogP contribution in [0.1, 0.15) is 226 Å². The normalized spacial score (nSPS) is 19.8. The predicted octanol–water partition coefficient (Wildman–Crippen LogP) is 14.7. The van der Waals surface area contributed by atoms with Gasteiger partial charge in [-0.2, -0.15) is 0 Å². The first-order valence-electron chi connectivity index (χ1n) is 30.8. The maximum atomic E-state index is 13.4. The summed E-state index contributed by atoms with van der Waals surface area (Å²) in [5.41, 5.74) is 0. The summed E-state index contributed by atoms with van der Waals surface area (Å²) in [6.45, 7) is 5.52. The van der Waals surface area contributed by atoms with Crippen molar-refractivity contribution >= 4 is 11.9 Å². The lowest BCUT2D eigenvalue weighted by molar-refractivity contribution is -0.305. The standard InChI is InChI=1S/C67H111NO10/c1-4-7-10-13-16-19-22-25-27-28-29-30-31-32-33-34-36-39-42-45-48-51-54-60(71)66(75)68-58(59(70)53-50-47-44-41-38-35-24-21-18-15-12-9-6-3)57-76-67-65(64(74)63(73)61(56-69)77-67)78-62(72)55-52-49-46-43-40-37-26-23-20-17-14-11-8-5-2/h7-8,10-11,16-17,19-20,25-27,29-30,32-33,36-37,39,50,53,58-61,63-65,67,69-71,73-74H,4-6,9,12-15,18,21-24,28,31,34-35,38,40-49,51-52,54-57H2,1-3H3,(H,68,75)/b10-7-,11-8+,19-16-,20-17+,27-25-,30-29-,33-32-,37-26+,39-36-,53-50+. The van der Waals surface area contributed by atoms with Gasteiger partial charge in [0.1, 0.15) is 24.4 Å². The Morgan fingerprint density at radius 3 is 1.38 bits per heavy atom. The summed E-state index contributed by atoms with van der Waals surface area (Å²) in [5, 5.41) is 56.9. The number of hydrogen-bond donors (Lipinski definition) is 6. The Kier molecular flexibility index (Phi) is 49.6. The molecule has 0 aliphatic carbocycles. The lowest BCUT2D eigenvalue weighted by atomic mass is 9.99. The van der Waals surface area contributed by atoms with Gasteiger partial charge < -0.3 is 45.1 Å². The van der Waals surface area contributed by atoms with Gasteiger partial charge >= 0.3 is 5.97 Å². The van der Waals surface area contributed by atoms with Crippen LogP contribution < -0.4 is 5.32 Å². The van der Waals surface area contributed by atoms with Gasteiger partial charge in [-0.25, -0.2) is 0 Å². The molecule has 8 unspecified atom stereocenters. The van der Waals surface area contributed by atoms with Gasteiger partial charge in [0.15, 0.2) is 12.4 Å². The van der Waals surface area contributed by atoms with Gasteiger partial charge in [-0.15, -0.1) is 0 Å². The maximum Gasteiger partial charge on any atom is 0.306 e. The van der Waals surface area contributed by atoms with Crippen LogP contribution in [0.25, 0.3) is 0 Å². The number of allylic oxidation sites excluding steroid dienone is 19. The predicted molar refractivity (Wildman–Crippen MR) is 324 cm³/mol. The average Bonchev–Trinajstić information content (AvgIpc) is 3.45. The van der Waals surface area contributed by atoms with E-state index in [0.29, 0.717) is 12.8 Å². The van der Waals surface area contributed by atoms with E-state index in [2.05, 4.69) is 135 Å². The Labute approximate surface area is 474 Å². The van der Waals surface area contributed by atoms with E-state index >= 15 is 0 Å². The van der Waals surface area contributed by atoms with Crippen molar-refractivity contribution in [2.45, 2.75) is 275 Å². The summed E-state index contributed by atoms with van der Waals surface area (Å²) in [6, 6.07) is -1.05. The molecular formula is C67H111NO10. The molecule has 8 atom stereocenters. The molecule has 0 aromatic rings. The van der Waals surface area contributed by atoms with Crippen molar-refractivity contribution in [3.05, 3.63) is 122 Å². The fourth-order valence-electron chi connectivity index (χ4n) is 8.78. The van der Waals surface area contributed by atoms with Crippen molar-refractivity contribution in [2.75, 3.05) is 13.2 Å². The molecule has 1 amide bonds. The van der Waals surface area contributed by atoms with Crippen molar-refractivity contribution in [3.63, 3.8) is 0 Å². The fraction of sp³-hybridized carbons (Fsp3) is 0.672. The largest absolute Gasteiger partial charge is 0.454 e. The zero-order valence-corrected chi connectivity index (χ0v) is 49.0. The van der Waals surface area contributed by atoms with Crippen LogP contribution in [0.3, 0.4) is 0 Å². The molecule has 1 heterocycles. The Morgan fingerprint density at radius 2 is 0.923 bits per heavy atom. The molecule has 0 radical (unpaired) electrons. The molecule has 0 aromatic heterocycles. The number of aliphatic hydroxyl groups excluding tert-OH is 5. The second-order valence-corrected chi connectivity index (χ2v) is 20.7. The van der Waals surface area contributed by atoms with Gasteiger partial charge in [0, 0.05) is 6.42 Å². The number of esters is 1. The van der Waals surface area contributed by atoms with Crippen molar-refractivity contribution < 1.29 is 49.3 Å². The molecule has 1 aliphatic rings. The van der Waals surface area contributed by atoms with E-state index in [-0.39, 0.29) is 19.4 Å². The second-order valence-electron chi connectivity index (χ2n) is 20.7. The zero-order valence-electron chi connectivity index (χ0n) is 49.0. The zero-order chi connectivity index (χ0) is 56.8. The molecule has 1 aliphatic heterocycles. The lowest BCUT2D eigenvalue weighted by Crippen LogP contribution is -2.61. The summed E-state index contributed by atoms with van der Waals surface area (Å²) < 4.78 is 17.6. The summed E-state index contributed by atoms with van der Waals surface area (Å²) in [4.78, 5) is 26.5. The molecule has 0 saturated carbocycles. The van der Waals surface area contributed by atoms with E-state index < -0.39 is 67.4 Å². The Morgan fingerprint density at radius 1 is 0.513 bits per heavy atom. The Bertz CT molecular complexity index is 1730. The van der Waals surface area contributed by atoms with E-state index in [0.717, 1.165) is 128 Å². The van der Waals surface area contributed by atoms with Crippen LogP contribution in [0.4, 0.5) is 0 Å². The first kappa shape index (κ1) is 72.1. The summed E-state index contributed by atoms with van der Waals surface area (Å²) in [5.74, 6) is -1.25. The maximum absolute atomic E-state index is 13.4. The molecule has 0 bridgehead atoms. The highest BCUT2D eigenvalue weighted by Gasteiger charge is 2.47. The number of carbonyl (C=O) groups is 2. The van der Waals surface area contributed by atoms with Gasteiger partial charge in [0.2, 0.25) is 5.91 Å². The second kappa shape index (κ2) is 53.7. The third-order valence-electron chi connectivity index (χ3n) is 13.6. The molecule has 1 rings (SSSR count). The number of aliphatic hydroxyl groups is 5. The molecule has 11 nitrogen and oxygen atoms in total. The van der Waals surface area contributed by atoms with Crippen LogP contribution in [-0.4, -0.2) is 99.6 Å². The molecular weight excluding hydrogens is 979 g/mol. The fourth-order valence-corrected chi connectivity index (χ4v) is 8.78. The molecule has 1 saturated heterocycles. The Hall–Kier alpha value is -3.94. The minimum Gasteiger partial charge on any atom is -0.454 e. The SMILES string of the molecule is CC/C=C\C/C=C\C/C=C\C/C=C\C/C=C\C/C=C\CCCCCC(O)C(=O)NC(COC1OC(CO)C(O)C(O)C1OC(=O)CCCCCC/C=C/C/C=C/C/C=C/CC)C(O)/C=C/CCCCCCCCCCCCC. The van der Waals surface area contributed by atoms with E-state index in [1.807, 2.05) is 6.08 Å². The Balaban J connectivity index is 2.73. The minimum absolute atomic E-state index is 0.0876. The summed E-state index contributed by atoms with van der Waals surface area (Å²) in [7, 11) is 0. The van der Waals surface area contributed by atoms with E-state index in [4.69, 9.17) is 14.2 Å². The first-order valence-corrected chi connectivity index (χ1v) is 30.8. The molecule has 1 fully saturated rings. The van der Waals surface area contributed by atoms with Crippen molar-refractivity contribution in [1.29, 1.82) is 0 Å². The van der Waals surface area contributed by atoms with Crippen LogP contribution in [0.5, 0.6) is 0 Å². The van der Waals surface area contributed by atoms with Crippen molar-refractivity contribution in [3.8, 4) is 0 Å². The van der Waals surface area contributed by atoms with Gasteiger partial charge in [0.25, 0.3) is 0 Å². The third kappa shape index (κ3) is 41.1. The van der Waals surface area contributed by atoms with Crippen LogP contribution in [-0.2, 0) is 23.8 Å². The van der Waals surface area contributed by atoms with Gasteiger partial charge in [0.05, 0.1) is 25.4 Å². The van der Waals surface area contributed by atoms with E-state index in [1.165, 1.54) is 51.4 Å². The minimum atomic E-state index is -1.64. The highest BCUT2D eigenvalue weighted by Crippen LogP contribution is 2.26. The number of nitrogens with one attached hydrogen (secondary N) is 1. The average molecular weight is 1090 g/mol. The van der Waals surface area contributed by atoms with E-state index in [1.54, 1.807) is 6.08 Å². The lowest BCUT2D eigenvalue weighted by Gasteiger charge is -2.41. The van der Waals surface area contributed by atoms with Gasteiger partial charge in [-0.05, 0) is 109 Å². The smallest absolute Gasteiger partial charge is 0.306 e. The molecule has 444 valence electrons. The van der Waals surface area contributed by atoms with Crippen molar-refractivity contribution in [1.82, 2.24) is 5.32 Å². The van der Waals surface area contributed by atoms with Crippen molar-refractivity contribution in [2.24, 2.45) is 0 Å². The number of amides is 1. The quantitative estimate of drug-likeness (QED) is 0.0195. The molecule has 0 spiro atoms. The van der Waals surface area contributed by atoms with Crippen LogP contribution in [0.2, 0.25) is 0 Å². The number of hydrogen-bond acceptors (Lipinski definition) is 10. The number of unbranched alkanes of at least 4 members (excludes halogenated alkanes) is 18. The summed E-state index contributed by atoms with van der Waals surface area (Å²) >= 11 is 0. The number of carbonyl (C=O) groups excluding carboxylic acids is 2. The molecule has 11 heteroatoms. The number of rotatable bonds is 50. The monoisotopic (exact) mass is 1090 g/mol. The highest BCUT2D eigenvalue weighted by atomic mass is 16.7. The molecule has 78 heavy (non-hydrogen) atoms. The molecule has 6 N–H and O–H groups in total. The van der Waals surface area contributed by atoms with Crippen LogP contribution in [0, 0.1) is 0 Å². The topological polar surface area (TPSA) is 175 Å². The highest BCUT2D eigenvalue weighted by molar-refractivity contribution is 5.80. The van der Waals surface area contributed by atoms with Crippen LogP contribution in [0.15, 0.2) is 122 Å². The molecule has 0 aromatic carbocycles. The number of ether oxygens (including phenoxy) is 3. The van der Waals surface area contributed by atoms with Gasteiger partial charge in [-0.3, -0.25) is 9.59 Å². The first-order chi connectivity index (χ1) is 38.2. The summed E-state index contributed by atoms with van der Waals surface area (Å²) in [6.07, 6.45) is 63.8. The van der Waals surface area contributed by atoms with Gasteiger partial charge in [-0.1, -0.05) is 232 Å². The van der Waals surface area contributed by atoms with Crippen LogP contribution >= 0.6 is 0 Å².